The lowest BCUT2D eigenvalue weighted by Crippen LogP contribution is -2.46. The summed E-state index contributed by atoms with van der Waals surface area (Å²) in [5.74, 6) is -0.714. The molecule has 0 amide bonds. The first-order valence-corrected chi connectivity index (χ1v) is 14.3. The van der Waals surface area contributed by atoms with Gasteiger partial charge in [0.25, 0.3) is 0 Å². The van der Waals surface area contributed by atoms with Crippen molar-refractivity contribution in [1.29, 1.82) is 0 Å². The third-order valence-corrected chi connectivity index (χ3v) is 9.15. The van der Waals surface area contributed by atoms with Crippen molar-refractivity contribution in [3.63, 3.8) is 0 Å². The summed E-state index contributed by atoms with van der Waals surface area (Å²) in [5.41, 5.74) is 7.08. The molecule has 1 aromatic carbocycles. The molecule has 4 aromatic heterocycles. The van der Waals surface area contributed by atoms with Gasteiger partial charge >= 0.3 is 0 Å². The molecule has 1 saturated heterocycles. The standard InChI is InChI=1S/C29H29F2N7S/c1-17-18(2)39-29(34-17)25-24-5-3-4-8-38(24)27-26(25)32-16-33-28(27)37-11-9-36(10-12-37)15-20-7-6-19-13-21(30)22(31)14-23(19)35-20/h6-7,13-14,16H,3-5,8-12,15H2,1-2H3. The minimum atomic E-state index is -0.868. The van der Waals surface area contributed by atoms with Crippen molar-refractivity contribution in [2.75, 3.05) is 31.1 Å². The maximum Gasteiger partial charge on any atom is 0.161 e. The van der Waals surface area contributed by atoms with E-state index in [0.717, 1.165) is 78.8 Å². The highest BCUT2D eigenvalue weighted by molar-refractivity contribution is 7.15. The molecular weight excluding hydrogens is 516 g/mol. The zero-order valence-corrected chi connectivity index (χ0v) is 22.9. The molecule has 0 radical (unpaired) electrons. The van der Waals surface area contributed by atoms with E-state index in [4.69, 9.17) is 15.0 Å². The van der Waals surface area contributed by atoms with E-state index in [9.17, 15) is 8.78 Å². The number of aryl methyl sites for hydroxylation is 3. The van der Waals surface area contributed by atoms with Crippen LogP contribution in [0.25, 0.3) is 32.5 Å². The van der Waals surface area contributed by atoms with Crippen molar-refractivity contribution < 1.29 is 8.78 Å². The summed E-state index contributed by atoms with van der Waals surface area (Å²) in [5, 5.41) is 1.67. The lowest BCUT2D eigenvalue weighted by molar-refractivity contribution is 0.247. The molecule has 0 unspecified atom stereocenters. The largest absolute Gasteiger partial charge is 0.352 e. The number of hydrogen-bond acceptors (Lipinski definition) is 7. The van der Waals surface area contributed by atoms with Crippen molar-refractivity contribution in [3.05, 3.63) is 64.2 Å². The van der Waals surface area contributed by atoms with Crippen LogP contribution in [0.2, 0.25) is 0 Å². The first-order valence-electron chi connectivity index (χ1n) is 13.5. The van der Waals surface area contributed by atoms with Gasteiger partial charge in [-0.25, -0.2) is 23.7 Å². The normalized spacial score (nSPS) is 16.4. The summed E-state index contributed by atoms with van der Waals surface area (Å²) >= 11 is 1.75. The first-order chi connectivity index (χ1) is 19.0. The summed E-state index contributed by atoms with van der Waals surface area (Å²) < 4.78 is 29.7. The van der Waals surface area contributed by atoms with E-state index >= 15 is 0 Å². The molecule has 7 nitrogen and oxygen atoms in total. The van der Waals surface area contributed by atoms with E-state index in [1.54, 1.807) is 17.7 Å². The number of anilines is 1. The van der Waals surface area contributed by atoms with Crippen LogP contribution in [0.3, 0.4) is 0 Å². The SMILES string of the molecule is Cc1nc(-c2c3n(c4c(N5CCN(Cc6ccc7cc(F)c(F)cc7n6)CC5)ncnc24)CCCC3)sc1C. The Morgan fingerprint density at radius 1 is 0.923 bits per heavy atom. The van der Waals surface area contributed by atoms with E-state index in [0.29, 0.717) is 17.4 Å². The molecule has 0 N–H and O–H groups in total. The molecule has 0 aliphatic carbocycles. The maximum absolute atomic E-state index is 13.7. The second-order valence-corrected chi connectivity index (χ2v) is 11.7. The van der Waals surface area contributed by atoms with E-state index in [1.807, 2.05) is 12.1 Å². The van der Waals surface area contributed by atoms with E-state index in [1.165, 1.54) is 34.7 Å². The lowest BCUT2D eigenvalue weighted by atomic mass is 10.1. The summed E-state index contributed by atoms with van der Waals surface area (Å²) in [4.78, 5) is 25.1. The second kappa shape index (κ2) is 9.60. The summed E-state index contributed by atoms with van der Waals surface area (Å²) in [6.07, 6.45) is 5.07. The van der Waals surface area contributed by atoms with Crippen LogP contribution in [0.5, 0.6) is 0 Å². The Kier molecular flexibility index (Phi) is 6.04. The average Bonchev–Trinajstić information content (AvgIpc) is 3.46. The van der Waals surface area contributed by atoms with Crippen LogP contribution in [0.4, 0.5) is 14.6 Å². The number of aromatic nitrogens is 5. The zero-order chi connectivity index (χ0) is 26.7. The topological polar surface area (TPSA) is 63.0 Å². The fraction of sp³-hybridized carbons (Fsp3) is 0.379. The Morgan fingerprint density at radius 2 is 1.74 bits per heavy atom. The maximum atomic E-state index is 13.7. The lowest BCUT2D eigenvalue weighted by Gasteiger charge is -2.35. The van der Waals surface area contributed by atoms with Gasteiger partial charge < -0.3 is 9.47 Å². The Labute approximate surface area is 229 Å². The zero-order valence-electron chi connectivity index (χ0n) is 22.0. The number of benzene rings is 1. The Hall–Kier alpha value is -3.50. The predicted molar refractivity (Wildman–Crippen MR) is 150 cm³/mol. The van der Waals surface area contributed by atoms with Gasteiger partial charge in [-0.15, -0.1) is 11.3 Å². The van der Waals surface area contributed by atoms with Gasteiger partial charge in [-0.3, -0.25) is 9.88 Å². The highest BCUT2D eigenvalue weighted by atomic mass is 32.1. The quantitative estimate of drug-likeness (QED) is 0.291. The Balaban J connectivity index is 1.16. The Morgan fingerprint density at radius 3 is 2.54 bits per heavy atom. The molecule has 1 fully saturated rings. The van der Waals surface area contributed by atoms with E-state index in [2.05, 4.69) is 33.2 Å². The number of halogens is 2. The molecule has 7 rings (SSSR count). The van der Waals surface area contributed by atoms with Crippen LogP contribution in [0.1, 0.15) is 34.8 Å². The van der Waals surface area contributed by atoms with Gasteiger partial charge in [0.15, 0.2) is 17.5 Å². The predicted octanol–water partition coefficient (Wildman–Crippen LogP) is 5.66. The summed E-state index contributed by atoms with van der Waals surface area (Å²) in [7, 11) is 0. The average molecular weight is 546 g/mol. The Bertz CT molecular complexity index is 1700. The first kappa shape index (κ1) is 24.5. The molecule has 6 heterocycles. The van der Waals surface area contributed by atoms with Crippen LogP contribution in [-0.4, -0.2) is 55.6 Å². The van der Waals surface area contributed by atoms with Gasteiger partial charge in [0.2, 0.25) is 0 Å². The fourth-order valence-electron chi connectivity index (χ4n) is 5.91. The number of thiazole rings is 1. The molecule has 5 aromatic rings. The van der Waals surface area contributed by atoms with Crippen molar-refractivity contribution in [2.24, 2.45) is 0 Å². The van der Waals surface area contributed by atoms with E-state index in [-0.39, 0.29) is 0 Å². The highest BCUT2D eigenvalue weighted by Gasteiger charge is 2.29. The number of fused-ring (bicyclic) bond motifs is 4. The molecule has 0 bridgehead atoms. The molecule has 0 saturated carbocycles. The number of pyridine rings is 1. The van der Waals surface area contributed by atoms with Gasteiger partial charge in [0.1, 0.15) is 22.4 Å². The van der Waals surface area contributed by atoms with Crippen LogP contribution in [-0.2, 0) is 19.5 Å². The smallest absolute Gasteiger partial charge is 0.161 e. The van der Waals surface area contributed by atoms with Crippen LogP contribution in [0, 0.1) is 25.5 Å². The van der Waals surface area contributed by atoms with Crippen LogP contribution in [0.15, 0.2) is 30.6 Å². The van der Waals surface area contributed by atoms with Crippen molar-refractivity contribution in [3.8, 4) is 10.6 Å². The second-order valence-electron chi connectivity index (χ2n) is 10.5. The highest BCUT2D eigenvalue weighted by Crippen LogP contribution is 2.41. The summed E-state index contributed by atoms with van der Waals surface area (Å²) in [6, 6.07) is 6.09. The number of rotatable bonds is 4. The monoisotopic (exact) mass is 545 g/mol. The minimum absolute atomic E-state index is 0.479. The molecule has 0 spiro atoms. The third-order valence-electron chi connectivity index (χ3n) is 8.06. The fourth-order valence-corrected chi connectivity index (χ4v) is 6.89. The molecule has 10 heteroatoms. The van der Waals surface area contributed by atoms with Gasteiger partial charge in [-0.1, -0.05) is 6.07 Å². The number of hydrogen-bond donors (Lipinski definition) is 0. The number of nitrogens with zero attached hydrogens (tertiary/aromatic N) is 7. The van der Waals surface area contributed by atoms with Gasteiger partial charge in [-0.2, -0.15) is 0 Å². The molecule has 2 aliphatic rings. The van der Waals surface area contributed by atoms with Gasteiger partial charge in [0.05, 0.1) is 22.5 Å². The number of piperazine rings is 1. The third kappa shape index (κ3) is 4.26. The summed E-state index contributed by atoms with van der Waals surface area (Å²) in [6.45, 7) is 9.24. The van der Waals surface area contributed by atoms with Crippen molar-refractivity contribution in [1.82, 2.24) is 29.4 Å². The molecule has 0 atom stereocenters. The van der Waals surface area contributed by atoms with Crippen LogP contribution < -0.4 is 4.90 Å². The van der Waals surface area contributed by atoms with Crippen molar-refractivity contribution >= 4 is 39.1 Å². The van der Waals surface area contributed by atoms with Gasteiger partial charge in [0, 0.05) is 61.3 Å². The van der Waals surface area contributed by atoms with Crippen molar-refractivity contribution in [2.45, 2.75) is 46.2 Å². The minimum Gasteiger partial charge on any atom is -0.352 e. The molecule has 200 valence electrons. The van der Waals surface area contributed by atoms with E-state index < -0.39 is 11.6 Å². The molecular formula is C29H29F2N7S. The molecule has 2 aliphatic heterocycles. The molecule has 39 heavy (non-hydrogen) atoms. The van der Waals surface area contributed by atoms with Crippen LogP contribution >= 0.6 is 11.3 Å². The van der Waals surface area contributed by atoms with Gasteiger partial charge in [-0.05, 0) is 45.2 Å².